The number of hydrogen-bond donors (Lipinski definition) is 1. The van der Waals surface area contributed by atoms with Crippen LogP contribution in [-0.2, 0) is 10.0 Å². The van der Waals surface area contributed by atoms with Gasteiger partial charge in [-0.1, -0.05) is 47.5 Å². The number of anilines is 1. The van der Waals surface area contributed by atoms with Crippen molar-refractivity contribution in [1.29, 1.82) is 0 Å². The molecule has 0 saturated heterocycles. The third kappa shape index (κ3) is 3.82. The highest BCUT2D eigenvalue weighted by Crippen LogP contribution is 2.35. The van der Waals surface area contributed by atoms with Gasteiger partial charge in [0.25, 0.3) is 10.0 Å². The second kappa shape index (κ2) is 7.23. The van der Waals surface area contributed by atoms with E-state index in [9.17, 15) is 17.2 Å². The van der Waals surface area contributed by atoms with Crippen LogP contribution < -0.4 is 4.72 Å². The largest absolute Gasteiger partial charge is 0.279 e. The van der Waals surface area contributed by atoms with E-state index in [0.717, 1.165) is 12.1 Å². The zero-order valence-electron chi connectivity index (χ0n) is 13.0. The van der Waals surface area contributed by atoms with Crippen molar-refractivity contribution in [3.63, 3.8) is 0 Å². The maximum atomic E-state index is 13.8. The molecule has 3 nitrogen and oxygen atoms in total. The molecule has 0 saturated carbocycles. The second-order valence-corrected chi connectivity index (χ2v) is 7.86. The van der Waals surface area contributed by atoms with Gasteiger partial charge in [-0.3, -0.25) is 4.72 Å². The second-order valence-electron chi connectivity index (χ2n) is 5.36. The van der Waals surface area contributed by atoms with E-state index in [1.54, 1.807) is 18.2 Å². The van der Waals surface area contributed by atoms with E-state index in [-0.39, 0.29) is 26.2 Å². The van der Waals surface area contributed by atoms with E-state index in [1.807, 2.05) is 0 Å². The predicted molar refractivity (Wildman–Crippen MR) is 99.1 cm³/mol. The molecule has 26 heavy (non-hydrogen) atoms. The van der Waals surface area contributed by atoms with Crippen molar-refractivity contribution >= 4 is 38.9 Å². The first kappa shape index (κ1) is 18.6. The van der Waals surface area contributed by atoms with Crippen LogP contribution in [-0.4, -0.2) is 8.42 Å². The Morgan fingerprint density at radius 1 is 0.808 bits per heavy atom. The minimum atomic E-state index is -3.99. The number of sulfonamides is 1. The van der Waals surface area contributed by atoms with Gasteiger partial charge in [0.05, 0.1) is 20.6 Å². The number of nitrogens with one attached hydrogen (secondary N) is 1. The van der Waals surface area contributed by atoms with Gasteiger partial charge in [0.15, 0.2) is 11.6 Å². The van der Waals surface area contributed by atoms with Gasteiger partial charge in [-0.25, -0.2) is 17.2 Å². The van der Waals surface area contributed by atoms with Crippen LogP contribution in [0.5, 0.6) is 0 Å². The minimum absolute atomic E-state index is 0.00942. The summed E-state index contributed by atoms with van der Waals surface area (Å²) in [6.07, 6.45) is 0. The summed E-state index contributed by atoms with van der Waals surface area (Å²) in [6.45, 7) is 0. The van der Waals surface area contributed by atoms with E-state index in [4.69, 9.17) is 23.2 Å². The van der Waals surface area contributed by atoms with Crippen molar-refractivity contribution in [3.05, 3.63) is 82.3 Å². The summed E-state index contributed by atoms with van der Waals surface area (Å²) < 4.78 is 54.9. The zero-order valence-corrected chi connectivity index (χ0v) is 15.3. The summed E-state index contributed by atoms with van der Waals surface area (Å²) in [5.41, 5.74) is 0.386. The van der Waals surface area contributed by atoms with Crippen molar-refractivity contribution < 1.29 is 17.2 Å². The topological polar surface area (TPSA) is 46.2 Å². The molecule has 0 amide bonds. The molecule has 0 aliphatic heterocycles. The van der Waals surface area contributed by atoms with Crippen LogP contribution in [0.1, 0.15) is 0 Å². The van der Waals surface area contributed by atoms with E-state index in [1.165, 1.54) is 30.3 Å². The Hall–Kier alpha value is -2.15. The standard InChI is InChI=1S/C18H11Cl2F2NO2S/c19-14-7-6-11(8-15(14)20)13-9-16(21)17(22)10-18(13)23-26(24,25)12-4-2-1-3-5-12/h1-10,23H. The summed E-state index contributed by atoms with van der Waals surface area (Å²) in [4.78, 5) is -0.00942. The first-order chi connectivity index (χ1) is 12.3. The molecule has 0 aromatic heterocycles. The molecule has 1 N–H and O–H groups in total. The number of benzene rings is 3. The molecular formula is C18H11Cl2F2NO2S. The smallest absolute Gasteiger partial charge is 0.261 e. The molecule has 3 rings (SSSR count). The molecule has 0 unspecified atom stereocenters. The van der Waals surface area contributed by atoms with Gasteiger partial charge in [0, 0.05) is 11.6 Å². The molecule has 0 spiro atoms. The van der Waals surface area contributed by atoms with E-state index in [0.29, 0.717) is 5.56 Å². The van der Waals surface area contributed by atoms with Crippen molar-refractivity contribution in [2.45, 2.75) is 4.90 Å². The van der Waals surface area contributed by atoms with Gasteiger partial charge in [-0.2, -0.15) is 0 Å². The van der Waals surface area contributed by atoms with Crippen LogP contribution in [0.3, 0.4) is 0 Å². The summed E-state index contributed by atoms with van der Waals surface area (Å²) in [6, 6.07) is 13.7. The normalized spacial score (nSPS) is 11.4. The summed E-state index contributed by atoms with van der Waals surface area (Å²) in [5, 5.41) is 0.482. The zero-order chi connectivity index (χ0) is 18.9. The third-order valence-electron chi connectivity index (χ3n) is 3.59. The van der Waals surface area contributed by atoms with Crippen molar-refractivity contribution in [2.75, 3.05) is 4.72 Å². The number of rotatable bonds is 4. The van der Waals surface area contributed by atoms with Gasteiger partial charge in [0.2, 0.25) is 0 Å². The van der Waals surface area contributed by atoms with Crippen molar-refractivity contribution in [1.82, 2.24) is 0 Å². The van der Waals surface area contributed by atoms with Crippen LogP contribution in [0, 0.1) is 11.6 Å². The Morgan fingerprint density at radius 3 is 2.12 bits per heavy atom. The van der Waals surface area contributed by atoms with E-state index in [2.05, 4.69) is 4.72 Å². The van der Waals surface area contributed by atoms with Gasteiger partial charge in [-0.15, -0.1) is 0 Å². The van der Waals surface area contributed by atoms with Crippen LogP contribution in [0.25, 0.3) is 11.1 Å². The lowest BCUT2D eigenvalue weighted by atomic mass is 10.0. The monoisotopic (exact) mass is 413 g/mol. The van der Waals surface area contributed by atoms with Crippen LogP contribution in [0.4, 0.5) is 14.5 Å². The average Bonchev–Trinajstić information content (AvgIpc) is 2.61. The Kier molecular flexibility index (Phi) is 5.18. The lowest BCUT2D eigenvalue weighted by molar-refractivity contribution is 0.509. The van der Waals surface area contributed by atoms with E-state index >= 15 is 0 Å². The quantitative estimate of drug-likeness (QED) is 0.592. The maximum Gasteiger partial charge on any atom is 0.261 e. The van der Waals surface area contributed by atoms with Gasteiger partial charge in [-0.05, 0) is 35.9 Å². The van der Waals surface area contributed by atoms with Gasteiger partial charge >= 0.3 is 0 Å². The Bertz CT molecular complexity index is 1070. The molecule has 0 fully saturated rings. The lowest BCUT2D eigenvalue weighted by Gasteiger charge is -2.14. The number of halogens is 4. The Labute approximate surface area is 159 Å². The average molecular weight is 414 g/mol. The highest BCUT2D eigenvalue weighted by molar-refractivity contribution is 7.92. The van der Waals surface area contributed by atoms with Crippen LogP contribution in [0.2, 0.25) is 10.0 Å². The minimum Gasteiger partial charge on any atom is -0.279 e. The molecule has 8 heteroatoms. The molecule has 0 aliphatic carbocycles. The SMILES string of the molecule is O=S(=O)(Nc1cc(F)c(F)cc1-c1ccc(Cl)c(Cl)c1)c1ccccc1. The molecule has 0 aliphatic rings. The first-order valence-corrected chi connectivity index (χ1v) is 9.54. The summed E-state index contributed by atoms with van der Waals surface area (Å²) in [5.74, 6) is -2.30. The van der Waals surface area contributed by atoms with E-state index < -0.39 is 21.7 Å². The van der Waals surface area contributed by atoms with Crippen molar-refractivity contribution in [2.24, 2.45) is 0 Å². The van der Waals surface area contributed by atoms with Gasteiger partial charge < -0.3 is 0 Å². The highest BCUT2D eigenvalue weighted by atomic mass is 35.5. The summed E-state index contributed by atoms with van der Waals surface area (Å²) >= 11 is 11.9. The van der Waals surface area contributed by atoms with Gasteiger partial charge in [0.1, 0.15) is 0 Å². The fourth-order valence-corrected chi connectivity index (χ4v) is 3.73. The molecular weight excluding hydrogens is 403 g/mol. The molecule has 0 radical (unpaired) electrons. The van der Waals surface area contributed by atoms with Crippen molar-refractivity contribution in [3.8, 4) is 11.1 Å². The number of hydrogen-bond acceptors (Lipinski definition) is 2. The molecule has 0 atom stereocenters. The maximum absolute atomic E-state index is 13.8. The lowest BCUT2D eigenvalue weighted by Crippen LogP contribution is -2.14. The molecule has 134 valence electrons. The third-order valence-corrected chi connectivity index (χ3v) is 5.71. The van der Waals surface area contributed by atoms with Crippen LogP contribution >= 0.6 is 23.2 Å². The highest BCUT2D eigenvalue weighted by Gasteiger charge is 2.19. The molecule has 0 bridgehead atoms. The molecule has 0 heterocycles. The first-order valence-electron chi connectivity index (χ1n) is 7.30. The summed E-state index contributed by atoms with van der Waals surface area (Å²) in [7, 11) is -3.99. The Balaban J connectivity index is 2.12. The van der Waals surface area contributed by atoms with Crippen LogP contribution in [0.15, 0.2) is 65.6 Å². The fourth-order valence-electron chi connectivity index (χ4n) is 2.34. The fraction of sp³-hybridized carbons (Fsp3) is 0. The predicted octanol–water partition coefficient (Wildman–Crippen LogP) is 5.74. The Morgan fingerprint density at radius 2 is 1.46 bits per heavy atom. The molecule has 3 aromatic rings. The molecule has 3 aromatic carbocycles.